The highest BCUT2D eigenvalue weighted by Gasteiger charge is 2.23. The molecule has 11 heteroatoms. The number of amides is 1. The summed E-state index contributed by atoms with van der Waals surface area (Å²) in [6.07, 6.45) is -1.31. The Bertz CT molecular complexity index is 890. The second-order valence-corrected chi connectivity index (χ2v) is 5.04. The van der Waals surface area contributed by atoms with Crippen LogP contribution in [0.2, 0.25) is 0 Å². The van der Waals surface area contributed by atoms with Crippen molar-refractivity contribution < 1.29 is 28.2 Å². The average molecular weight is 367 g/mol. The molecule has 0 saturated heterocycles. The van der Waals surface area contributed by atoms with Crippen molar-refractivity contribution in [2.45, 2.75) is 13.0 Å². The lowest BCUT2D eigenvalue weighted by Gasteiger charge is -2.14. The molecule has 2 aromatic carbocycles. The molecule has 0 unspecified atom stereocenters. The minimum Gasteiger partial charge on any atom is -0.474 e. The van der Waals surface area contributed by atoms with Crippen LogP contribution in [0.5, 0.6) is 5.75 Å². The number of nitro groups is 2. The van der Waals surface area contributed by atoms with Crippen LogP contribution in [0.4, 0.5) is 25.8 Å². The highest BCUT2D eigenvalue weighted by molar-refractivity contribution is 5.94. The third kappa shape index (κ3) is 4.26. The number of ether oxygens (including phenoxy) is 1. The lowest BCUT2D eigenvalue weighted by Crippen LogP contribution is -2.30. The molecular weight excluding hydrogens is 356 g/mol. The van der Waals surface area contributed by atoms with Crippen LogP contribution in [-0.4, -0.2) is 21.9 Å². The number of benzene rings is 2. The smallest absolute Gasteiger partial charge is 0.311 e. The zero-order valence-corrected chi connectivity index (χ0v) is 13.1. The molecule has 0 bridgehead atoms. The summed E-state index contributed by atoms with van der Waals surface area (Å²) in [7, 11) is 0. The van der Waals surface area contributed by atoms with E-state index in [4.69, 9.17) is 4.74 Å². The molecule has 2 aromatic rings. The van der Waals surface area contributed by atoms with Gasteiger partial charge in [-0.1, -0.05) is 0 Å². The number of nitrogens with one attached hydrogen (secondary N) is 1. The number of carbonyl (C=O) groups excluding carboxylic acids is 1. The lowest BCUT2D eigenvalue weighted by atomic mass is 10.2. The van der Waals surface area contributed by atoms with E-state index in [9.17, 15) is 33.8 Å². The summed E-state index contributed by atoms with van der Waals surface area (Å²) < 4.78 is 31.7. The number of hydrogen-bond acceptors (Lipinski definition) is 6. The summed E-state index contributed by atoms with van der Waals surface area (Å²) in [4.78, 5) is 31.9. The van der Waals surface area contributed by atoms with E-state index in [1.165, 1.54) is 6.92 Å². The Labute approximate surface area is 144 Å². The van der Waals surface area contributed by atoms with Crippen molar-refractivity contribution in [2.75, 3.05) is 5.32 Å². The van der Waals surface area contributed by atoms with Gasteiger partial charge in [0.15, 0.2) is 6.10 Å². The number of rotatable bonds is 6. The molecule has 1 amide bonds. The van der Waals surface area contributed by atoms with Gasteiger partial charge in [-0.05, 0) is 25.1 Å². The van der Waals surface area contributed by atoms with Crippen molar-refractivity contribution in [3.63, 3.8) is 0 Å². The largest absolute Gasteiger partial charge is 0.474 e. The van der Waals surface area contributed by atoms with Crippen LogP contribution in [0.15, 0.2) is 36.4 Å². The quantitative estimate of drug-likeness (QED) is 0.617. The van der Waals surface area contributed by atoms with Crippen molar-refractivity contribution >= 4 is 23.0 Å². The van der Waals surface area contributed by atoms with Crippen molar-refractivity contribution in [3.05, 3.63) is 68.3 Å². The first-order chi connectivity index (χ1) is 12.2. The van der Waals surface area contributed by atoms with Crippen LogP contribution in [0, 0.1) is 31.9 Å². The van der Waals surface area contributed by atoms with Crippen molar-refractivity contribution in [1.82, 2.24) is 0 Å². The summed E-state index contributed by atoms with van der Waals surface area (Å²) in [6, 6.07) is 5.22. The molecule has 136 valence electrons. The van der Waals surface area contributed by atoms with Crippen LogP contribution < -0.4 is 10.1 Å². The number of nitro benzene ring substituents is 2. The first kappa shape index (κ1) is 18.7. The Morgan fingerprint density at radius 1 is 1.08 bits per heavy atom. The Morgan fingerprint density at radius 3 is 2.35 bits per heavy atom. The molecule has 0 aliphatic rings. The molecule has 0 radical (unpaired) electrons. The highest BCUT2D eigenvalue weighted by Crippen LogP contribution is 2.28. The van der Waals surface area contributed by atoms with E-state index in [2.05, 4.69) is 5.32 Å². The number of anilines is 1. The maximum atomic E-state index is 13.3. The first-order valence-corrected chi connectivity index (χ1v) is 7.04. The Hall–Kier alpha value is -3.63. The average Bonchev–Trinajstić information content (AvgIpc) is 2.56. The van der Waals surface area contributed by atoms with Gasteiger partial charge in [0.25, 0.3) is 5.91 Å². The van der Waals surface area contributed by atoms with Crippen molar-refractivity contribution in [3.8, 4) is 5.75 Å². The molecule has 0 aliphatic heterocycles. The standard InChI is InChI=1S/C15H11F2N3O6/c1-8(26-14-6-9(16)2-5-12(14)19(22)23)15(21)18-10-3-4-11(17)13(7-10)20(24)25/h2-8H,1H3,(H,18,21)/t8-/m1/s1. The van der Waals surface area contributed by atoms with E-state index in [1.807, 2.05) is 0 Å². The van der Waals surface area contributed by atoms with Gasteiger partial charge >= 0.3 is 11.4 Å². The zero-order valence-electron chi connectivity index (χ0n) is 13.1. The van der Waals surface area contributed by atoms with Crippen LogP contribution >= 0.6 is 0 Å². The molecule has 2 rings (SSSR count). The monoisotopic (exact) mass is 367 g/mol. The fourth-order valence-electron chi connectivity index (χ4n) is 1.95. The number of nitrogens with zero attached hydrogens (tertiary/aromatic N) is 2. The Morgan fingerprint density at radius 2 is 1.73 bits per heavy atom. The summed E-state index contributed by atoms with van der Waals surface area (Å²) in [5.74, 6) is -3.16. The first-order valence-electron chi connectivity index (χ1n) is 7.04. The fraction of sp³-hybridized carbons (Fsp3) is 0.133. The van der Waals surface area contributed by atoms with Gasteiger partial charge in [-0.2, -0.15) is 4.39 Å². The predicted molar refractivity (Wildman–Crippen MR) is 84.8 cm³/mol. The van der Waals surface area contributed by atoms with Gasteiger partial charge in [-0.25, -0.2) is 4.39 Å². The molecule has 0 spiro atoms. The molecule has 26 heavy (non-hydrogen) atoms. The fourth-order valence-corrected chi connectivity index (χ4v) is 1.95. The van der Waals surface area contributed by atoms with Gasteiger partial charge in [0, 0.05) is 23.9 Å². The summed E-state index contributed by atoms with van der Waals surface area (Å²) in [5, 5.41) is 23.9. The number of halogens is 2. The van der Waals surface area contributed by atoms with E-state index in [-0.39, 0.29) is 5.69 Å². The van der Waals surface area contributed by atoms with E-state index >= 15 is 0 Å². The van der Waals surface area contributed by atoms with E-state index in [0.717, 1.165) is 36.4 Å². The maximum Gasteiger partial charge on any atom is 0.311 e. The van der Waals surface area contributed by atoms with Crippen molar-refractivity contribution in [1.29, 1.82) is 0 Å². The van der Waals surface area contributed by atoms with Crippen molar-refractivity contribution in [2.24, 2.45) is 0 Å². The molecule has 0 aliphatic carbocycles. The van der Waals surface area contributed by atoms with Crippen LogP contribution in [0.3, 0.4) is 0 Å². The van der Waals surface area contributed by atoms with Gasteiger partial charge in [0.05, 0.1) is 9.85 Å². The molecular formula is C15H11F2N3O6. The molecule has 0 aromatic heterocycles. The SMILES string of the molecule is C[C@@H](Oc1cc(F)ccc1[N+](=O)[O-])C(=O)Nc1ccc(F)c([N+](=O)[O-])c1. The summed E-state index contributed by atoms with van der Waals surface area (Å²) in [6.45, 7) is 1.24. The van der Waals surface area contributed by atoms with E-state index in [1.54, 1.807) is 0 Å². The molecule has 0 saturated carbocycles. The topological polar surface area (TPSA) is 125 Å². The minimum atomic E-state index is -1.31. The van der Waals surface area contributed by atoms with E-state index < -0.39 is 50.6 Å². The molecule has 1 atom stereocenters. The third-order valence-corrected chi connectivity index (χ3v) is 3.20. The van der Waals surface area contributed by atoms with Crippen LogP contribution in [-0.2, 0) is 4.79 Å². The van der Waals surface area contributed by atoms with Crippen LogP contribution in [0.1, 0.15) is 6.92 Å². The van der Waals surface area contributed by atoms with Gasteiger partial charge in [-0.15, -0.1) is 0 Å². The minimum absolute atomic E-state index is 0.0766. The molecule has 1 N–H and O–H groups in total. The molecule has 0 heterocycles. The second-order valence-electron chi connectivity index (χ2n) is 5.04. The van der Waals surface area contributed by atoms with Gasteiger partial charge < -0.3 is 10.1 Å². The second kappa shape index (κ2) is 7.51. The Kier molecular flexibility index (Phi) is 5.40. The van der Waals surface area contributed by atoms with Gasteiger partial charge in [-0.3, -0.25) is 25.0 Å². The lowest BCUT2D eigenvalue weighted by molar-refractivity contribution is -0.387. The highest BCUT2D eigenvalue weighted by atomic mass is 19.1. The summed E-state index contributed by atoms with van der Waals surface area (Å²) in [5.41, 5.74) is -1.45. The Balaban J connectivity index is 2.16. The molecule has 9 nitrogen and oxygen atoms in total. The normalized spacial score (nSPS) is 11.5. The van der Waals surface area contributed by atoms with Crippen LogP contribution in [0.25, 0.3) is 0 Å². The van der Waals surface area contributed by atoms with E-state index in [0.29, 0.717) is 0 Å². The predicted octanol–water partition coefficient (Wildman–Crippen LogP) is 3.19. The van der Waals surface area contributed by atoms with Gasteiger partial charge in [0.2, 0.25) is 11.6 Å². The zero-order chi connectivity index (χ0) is 19.4. The maximum absolute atomic E-state index is 13.3. The summed E-state index contributed by atoms with van der Waals surface area (Å²) >= 11 is 0. The molecule has 0 fully saturated rings. The third-order valence-electron chi connectivity index (χ3n) is 3.20. The number of carbonyl (C=O) groups is 1. The number of hydrogen-bond donors (Lipinski definition) is 1. The van der Waals surface area contributed by atoms with Gasteiger partial charge in [0.1, 0.15) is 5.82 Å².